The van der Waals surface area contributed by atoms with Crippen LogP contribution in [0.1, 0.15) is 13.3 Å². The first-order valence-corrected chi connectivity index (χ1v) is 7.25. The molecule has 1 aromatic rings. The Morgan fingerprint density at radius 2 is 1.89 bits per heavy atom. The van der Waals surface area contributed by atoms with E-state index in [9.17, 15) is 18.6 Å². The van der Waals surface area contributed by atoms with Crippen molar-refractivity contribution in [1.29, 1.82) is 0 Å². The molecular weight excluding hydrogens is 270 g/mol. The summed E-state index contributed by atoms with van der Waals surface area (Å²) in [6.45, 7) is 1.24. The van der Waals surface area contributed by atoms with Gasteiger partial charge in [0.05, 0.1) is 35.0 Å². The van der Waals surface area contributed by atoms with Gasteiger partial charge in [0.15, 0.2) is 0 Å². The predicted molar refractivity (Wildman–Crippen MR) is 73.0 cm³/mol. The maximum absolute atomic E-state index is 11.2. The van der Waals surface area contributed by atoms with Gasteiger partial charge < -0.3 is 21.3 Å². The third-order valence-electron chi connectivity index (χ3n) is 3.03. The Balaban J connectivity index is 3.11. The molecule has 108 valence electrons. The number of nitrogen functional groups attached to an aromatic ring is 1. The van der Waals surface area contributed by atoms with E-state index in [2.05, 4.69) is 5.32 Å². The average molecular weight is 289 g/mol. The summed E-state index contributed by atoms with van der Waals surface area (Å²) in [5, 5.41) is 26.6. The summed E-state index contributed by atoms with van der Waals surface area (Å²) >= 11 is 0. The van der Waals surface area contributed by atoms with E-state index in [0.29, 0.717) is 12.1 Å². The smallest absolute Gasteiger partial charge is 0.238 e. The fourth-order valence-electron chi connectivity index (χ4n) is 1.56. The van der Waals surface area contributed by atoms with Crippen LogP contribution in [0.4, 0.5) is 11.4 Å². The van der Waals surface area contributed by atoms with Crippen molar-refractivity contribution in [3.8, 4) is 0 Å². The summed E-state index contributed by atoms with van der Waals surface area (Å²) in [6, 6.07) is 3.99. The fraction of sp³-hybridized carbons (Fsp3) is 0.455. The van der Waals surface area contributed by atoms with Gasteiger partial charge in [-0.1, -0.05) is 6.92 Å². The van der Waals surface area contributed by atoms with Crippen molar-refractivity contribution >= 4 is 21.4 Å². The normalized spacial score (nSPS) is 12.4. The lowest BCUT2D eigenvalue weighted by Gasteiger charge is -2.31. The molecule has 0 bridgehead atoms. The molecule has 0 unspecified atom stereocenters. The molecule has 19 heavy (non-hydrogen) atoms. The highest BCUT2D eigenvalue weighted by Gasteiger charge is 2.27. The number of aliphatic hydroxyl groups is 2. The molecule has 0 spiro atoms. The van der Waals surface area contributed by atoms with E-state index < -0.39 is 15.6 Å². The zero-order chi connectivity index (χ0) is 14.7. The van der Waals surface area contributed by atoms with Crippen LogP contribution in [0.2, 0.25) is 0 Å². The van der Waals surface area contributed by atoms with Gasteiger partial charge in [-0.3, -0.25) is 0 Å². The van der Waals surface area contributed by atoms with Crippen LogP contribution < -0.4 is 16.2 Å². The molecule has 1 rings (SSSR count). The van der Waals surface area contributed by atoms with Crippen LogP contribution in [0.5, 0.6) is 0 Å². The lowest BCUT2D eigenvalue weighted by atomic mass is 9.98. The summed E-state index contributed by atoms with van der Waals surface area (Å²) in [5.41, 5.74) is 5.44. The Kier molecular flexibility index (Phi) is 4.75. The van der Waals surface area contributed by atoms with E-state index in [1.165, 1.54) is 18.2 Å². The lowest BCUT2D eigenvalue weighted by molar-refractivity contribution is 0.132. The van der Waals surface area contributed by atoms with E-state index in [0.717, 1.165) is 0 Å². The molecule has 0 saturated carbocycles. The summed E-state index contributed by atoms with van der Waals surface area (Å²) in [4.78, 5) is -0.0920. The summed E-state index contributed by atoms with van der Waals surface area (Å²) < 4.78 is 22.3. The van der Waals surface area contributed by atoms with E-state index >= 15 is 0 Å². The topological polar surface area (TPSA) is 139 Å². The van der Waals surface area contributed by atoms with Gasteiger partial charge in [0.1, 0.15) is 0 Å². The average Bonchev–Trinajstić information content (AvgIpc) is 2.37. The fourth-order valence-corrected chi connectivity index (χ4v) is 2.11. The number of nitrogens with two attached hydrogens (primary N) is 2. The lowest BCUT2D eigenvalue weighted by Crippen LogP contribution is -2.45. The minimum atomic E-state index is -3.81. The molecule has 0 aliphatic heterocycles. The second-order valence-corrected chi connectivity index (χ2v) is 5.93. The third kappa shape index (κ3) is 3.57. The van der Waals surface area contributed by atoms with Crippen molar-refractivity contribution in [2.24, 2.45) is 5.14 Å². The minimum absolute atomic E-state index is 0.0920. The SMILES string of the molecule is CCC(CO)(CO)Nc1ccc(S(N)(=O)=O)cc1N. The highest BCUT2D eigenvalue weighted by molar-refractivity contribution is 7.89. The number of sulfonamides is 1. The van der Waals surface area contributed by atoms with Gasteiger partial charge in [-0.15, -0.1) is 0 Å². The van der Waals surface area contributed by atoms with Gasteiger partial charge in [-0.2, -0.15) is 0 Å². The van der Waals surface area contributed by atoms with Crippen LogP contribution in [0, 0.1) is 0 Å². The molecule has 0 radical (unpaired) electrons. The first-order valence-electron chi connectivity index (χ1n) is 5.70. The number of primary sulfonamides is 1. The van der Waals surface area contributed by atoms with Crippen molar-refractivity contribution in [3.05, 3.63) is 18.2 Å². The molecule has 7 N–H and O–H groups in total. The van der Waals surface area contributed by atoms with Crippen LogP contribution in [-0.2, 0) is 10.0 Å². The Labute approximate surface area is 112 Å². The molecule has 0 fully saturated rings. The number of anilines is 2. The maximum Gasteiger partial charge on any atom is 0.238 e. The quantitative estimate of drug-likeness (QED) is 0.446. The van der Waals surface area contributed by atoms with Gasteiger partial charge in [-0.25, -0.2) is 13.6 Å². The number of hydrogen-bond acceptors (Lipinski definition) is 6. The monoisotopic (exact) mass is 289 g/mol. The first-order chi connectivity index (χ1) is 8.78. The molecule has 0 amide bonds. The molecule has 1 aromatic carbocycles. The van der Waals surface area contributed by atoms with Crippen molar-refractivity contribution < 1.29 is 18.6 Å². The van der Waals surface area contributed by atoms with Gasteiger partial charge in [0.25, 0.3) is 0 Å². The van der Waals surface area contributed by atoms with Crippen LogP contribution in [-0.4, -0.2) is 37.4 Å². The number of nitrogens with one attached hydrogen (secondary N) is 1. The summed E-state index contributed by atoms with van der Waals surface area (Å²) in [6.07, 6.45) is 0.469. The largest absolute Gasteiger partial charge is 0.397 e. The van der Waals surface area contributed by atoms with Crippen LogP contribution in [0.15, 0.2) is 23.1 Å². The first kappa shape index (κ1) is 15.7. The van der Waals surface area contributed by atoms with Gasteiger partial charge in [0.2, 0.25) is 10.0 Å². The van der Waals surface area contributed by atoms with Gasteiger partial charge in [0, 0.05) is 0 Å². The molecular formula is C11H19N3O4S. The zero-order valence-electron chi connectivity index (χ0n) is 10.6. The highest BCUT2D eigenvalue weighted by atomic mass is 32.2. The second-order valence-electron chi connectivity index (χ2n) is 4.37. The Bertz CT molecular complexity index is 533. The van der Waals surface area contributed by atoms with Crippen molar-refractivity contribution in [2.45, 2.75) is 23.8 Å². The predicted octanol–water partition coefficient (Wildman–Crippen LogP) is -0.538. The Morgan fingerprint density at radius 3 is 2.26 bits per heavy atom. The van der Waals surface area contributed by atoms with Crippen LogP contribution >= 0.6 is 0 Å². The van der Waals surface area contributed by atoms with E-state index in [4.69, 9.17) is 10.9 Å². The molecule has 0 aliphatic carbocycles. The number of benzene rings is 1. The van der Waals surface area contributed by atoms with E-state index in [1.54, 1.807) is 6.92 Å². The molecule has 0 heterocycles. The van der Waals surface area contributed by atoms with Crippen molar-refractivity contribution in [2.75, 3.05) is 24.3 Å². The molecule has 0 atom stereocenters. The number of hydrogen-bond donors (Lipinski definition) is 5. The zero-order valence-corrected chi connectivity index (χ0v) is 11.4. The number of aliphatic hydroxyl groups excluding tert-OH is 2. The summed E-state index contributed by atoms with van der Waals surface area (Å²) in [5.74, 6) is 0. The van der Waals surface area contributed by atoms with E-state index in [-0.39, 0.29) is 23.8 Å². The standard InChI is InChI=1S/C11H19N3O4S/c1-2-11(6-15,7-16)14-10-4-3-8(5-9(10)12)19(13,17)18/h3-5,14-16H,2,6-7,12H2,1H3,(H2,13,17,18). The molecule has 8 heteroatoms. The van der Waals surface area contributed by atoms with Crippen LogP contribution in [0.25, 0.3) is 0 Å². The molecule has 0 aliphatic rings. The maximum atomic E-state index is 11.2. The minimum Gasteiger partial charge on any atom is -0.397 e. The summed E-state index contributed by atoms with van der Waals surface area (Å²) in [7, 11) is -3.81. The number of rotatable bonds is 6. The van der Waals surface area contributed by atoms with Crippen LogP contribution in [0.3, 0.4) is 0 Å². The van der Waals surface area contributed by atoms with E-state index in [1.807, 2.05) is 0 Å². The van der Waals surface area contributed by atoms with Crippen molar-refractivity contribution in [1.82, 2.24) is 0 Å². The molecule has 0 saturated heterocycles. The van der Waals surface area contributed by atoms with Gasteiger partial charge in [-0.05, 0) is 24.6 Å². The molecule has 0 aromatic heterocycles. The Hall–Kier alpha value is -1.35. The highest BCUT2D eigenvalue weighted by Crippen LogP contribution is 2.26. The van der Waals surface area contributed by atoms with Crippen molar-refractivity contribution in [3.63, 3.8) is 0 Å². The molecule has 7 nitrogen and oxygen atoms in total. The third-order valence-corrected chi connectivity index (χ3v) is 3.94. The second kappa shape index (κ2) is 5.74. The Morgan fingerprint density at radius 1 is 1.32 bits per heavy atom. The van der Waals surface area contributed by atoms with Gasteiger partial charge >= 0.3 is 0 Å².